The van der Waals surface area contributed by atoms with Gasteiger partial charge in [0, 0.05) is 32.8 Å². The Balaban J connectivity index is 2.49. The largest absolute Gasteiger partial charge is 0.379 e. The molecule has 0 aromatic carbocycles. The molecule has 3 unspecified atom stereocenters. The van der Waals surface area contributed by atoms with E-state index in [2.05, 4.69) is 29.5 Å². The normalized spacial score (nSPS) is 20.9. The van der Waals surface area contributed by atoms with Crippen LogP contribution >= 0.6 is 0 Å². The van der Waals surface area contributed by atoms with Crippen LogP contribution < -0.4 is 10.6 Å². The van der Waals surface area contributed by atoms with Crippen LogP contribution in [0.25, 0.3) is 0 Å². The first-order chi connectivity index (χ1) is 10.9. The third kappa shape index (κ3) is 8.18. The molecule has 0 aliphatic carbocycles. The third-order valence-corrected chi connectivity index (χ3v) is 3.72. The molecule has 7 heteroatoms. The first kappa shape index (κ1) is 19.7. The lowest BCUT2D eigenvalue weighted by Gasteiger charge is -2.22. The summed E-state index contributed by atoms with van der Waals surface area (Å²) in [5.41, 5.74) is 0. The summed E-state index contributed by atoms with van der Waals surface area (Å²) in [6.07, 6.45) is 2.13. The summed E-state index contributed by atoms with van der Waals surface area (Å²) in [7, 11) is 3.46. The number of aliphatic imine (C=N–C) groups is 1. The molecule has 134 valence electrons. The first-order valence-corrected chi connectivity index (χ1v) is 8.39. The van der Waals surface area contributed by atoms with Crippen molar-refractivity contribution in [2.45, 2.75) is 51.8 Å². The van der Waals surface area contributed by atoms with E-state index in [1.54, 1.807) is 14.1 Å². The number of rotatable bonds is 8. The SMILES string of the molecule is CCC(C)NC(=NCC(=O)N(C)C)NC(C)COC1CCOC1. The standard InChI is InChI=1S/C16H32N4O3/c1-6-12(2)18-16(17-9-15(21)20(4)5)19-13(3)10-23-14-7-8-22-11-14/h12-14H,6-11H2,1-5H3,(H2,17,18,19). The Morgan fingerprint density at radius 2 is 2.04 bits per heavy atom. The van der Waals surface area contributed by atoms with Gasteiger partial charge in [0.2, 0.25) is 5.91 Å². The van der Waals surface area contributed by atoms with Crippen molar-refractivity contribution in [2.24, 2.45) is 4.99 Å². The van der Waals surface area contributed by atoms with E-state index >= 15 is 0 Å². The number of hydrogen-bond acceptors (Lipinski definition) is 4. The molecule has 1 aliphatic heterocycles. The highest BCUT2D eigenvalue weighted by molar-refractivity contribution is 5.85. The van der Waals surface area contributed by atoms with Crippen LogP contribution in [0.5, 0.6) is 0 Å². The van der Waals surface area contributed by atoms with Gasteiger partial charge in [-0.1, -0.05) is 6.92 Å². The fourth-order valence-electron chi connectivity index (χ4n) is 1.96. The van der Waals surface area contributed by atoms with Crippen molar-refractivity contribution in [3.63, 3.8) is 0 Å². The minimum absolute atomic E-state index is 0.0257. The number of carbonyl (C=O) groups is 1. The van der Waals surface area contributed by atoms with Gasteiger partial charge in [-0.3, -0.25) is 4.79 Å². The fourth-order valence-corrected chi connectivity index (χ4v) is 1.96. The Hall–Kier alpha value is -1.34. The number of amides is 1. The van der Waals surface area contributed by atoms with Crippen LogP contribution in [-0.2, 0) is 14.3 Å². The molecule has 1 saturated heterocycles. The van der Waals surface area contributed by atoms with E-state index in [0.29, 0.717) is 19.2 Å². The van der Waals surface area contributed by atoms with E-state index in [-0.39, 0.29) is 30.6 Å². The second-order valence-electron chi connectivity index (χ2n) is 6.27. The zero-order valence-corrected chi connectivity index (χ0v) is 15.1. The van der Waals surface area contributed by atoms with Gasteiger partial charge < -0.3 is 25.0 Å². The Morgan fingerprint density at radius 3 is 2.61 bits per heavy atom. The molecule has 0 aromatic rings. The molecule has 1 rings (SSSR count). The predicted octanol–water partition coefficient (Wildman–Crippen LogP) is 0.602. The van der Waals surface area contributed by atoms with Crippen LogP contribution in [0.3, 0.4) is 0 Å². The molecule has 0 aromatic heterocycles. The second kappa shape index (κ2) is 10.4. The summed E-state index contributed by atoms with van der Waals surface area (Å²) in [6.45, 7) is 8.39. The monoisotopic (exact) mass is 328 g/mol. The van der Waals surface area contributed by atoms with Gasteiger partial charge in [-0.15, -0.1) is 0 Å². The minimum atomic E-state index is -0.0257. The maximum Gasteiger partial charge on any atom is 0.243 e. The molecular formula is C16H32N4O3. The average molecular weight is 328 g/mol. The molecule has 0 radical (unpaired) electrons. The predicted molar refractivity (Wildman–Crippen MR) is 91.7 cm³/mol. The smallest absolute Gasteiger partial charge is 0.243 e. The van der Waals surface area contributed by atoms with Gasteiger partial charge in [-0.2, -0.15) is 0 Å². The van der Waals surface area contributed by atoms with Crippen LogP contribution in [0, 0.1) is 0 Å². The van der Waals surface area contributed by atoms with E-state index in [9.17, 15) is 4.79 Å². The second-order valence-corrected chi connectivity index (χ2v) is 6.27. The van der Waals surface area contributed by atoms with Crippen LogP contribution in [0.15, 0.2) is 4.99 Å². The van der Waals surface area contributed by atoms with Crippen molar-refractivity contribution in [2.75, 3.05) is 40.5 Å². The Bertz CT molecular complexity index is 382. The molecule has 2 N–H and O–H groups in total. The number of carbonyl (C=O) groups excluding carboxylic acids is 1. The van der Waals surface area contributed by atoms with E-state index in [1.165, 1.54) is 4.90 Å². The lowest BCUT2D eigenvalue weighted by atomic mass is 10.2. The number of likely N-dealkylation sites (N-methyl/N-ethyl adjacent to an activating group) is 1. The molecule has 1 fully saturated rings. The van der Waals surface area contributed by atoms with Crippen molar-refractivity contribution in [3.8, 4) is 0 Å². The quantitative estimate of drug-likeness (QED) is 0.504. The number of hydrogen-bond donors (Lipinski definition) is 2. The highest BCUT2D eigenvalue weighted by Gasteiger charge is 2.17. The fraction of sp³-hybridized carbons (Fsp3) is 0.875. The topological polar surface area (TPSA) is 75.2 Å². The number of ether oxygens (including phenoxy) is 2. The van der Waals surface area contributed by atoms with Gasteiger partial charge in [0.15, 0.2) is 5.96 Å². The summed E-state index contributed by atoms with van der Waals surface area (Å²) in [5.74, 6) is 0.621. The highest BCUT2D eigenvalue weighted by Crippen LogP contribution is 2.08. The maximum absolute atomic E-state index is 11.7. The molecule has 3 atom stereocenters. The molecule has 1 aliphatic rings. The van der Waals surface area contributed by atoms with Crippen molar-refractivity contribution >= 4 is 11.9 Å². The van der Waals surface area contributed by atoms with E-state index < -0.39 is 0 Å². The molecular weight excluding hydrogens is 296 g/mol. The van der Waals surface area contributed by atoms with Gasteiger partial charge >= 0.3 is 0 Å². The summed E-state index contributed by atoms with van der Waals surface area (Å²) in [4.78, 5) is 17.6. The van der Waals surface area contributed by atoms with Crippen molar-refractivity contribution in [1.29, 1.82) is 0 Å². The zero-order chi connectivity index (χ0) is 17.2. The minimum Gasteiger partial charge on any atom is -0.379 e. The lowest BCUT2D eigenvalue weighted by molar-refractivity contribution is -0.127. The van der Waals surface area contributed by atoms with Gasteiger partial charge in [0.25, 0.3) is 0 Å². The number of guanidine groups is 1. The molecule has 7 nitrogen and oxygen atoms in total. The van der Waals surface area contributed by atoms with Crippen LogP contribution in [-0.4, -0.2) is 75.4 Å². The Kier molecular flexibility index (Phi) is 8.94. The first-order valence-electron chi connectivity index (χ1n) is 8.39. The summed E-state index contributed by atoms with van der Waals surface area (Å²) < 4.78 is 11.1. The number of nitrogens with zero attached hydrogens (tertiary/aromatic N) is 2. The molecule has 0 saturated carbocycles. The van der Waals surface area contributed by atoms with Crippen LogP contribution in [0.4, 0.5) is 0 Å². The zero-order valence-electron chi connectivity index (χ0n) is 15.1. The molecule has 1 heterocycles. The number of nitrogens with one attached hydrogen (secondary N) is 2. The van der Waals surface area contributed by atoms with Crippen LogP contribution in [0.2, 0.25) is 0 Å². The van der Waals surface area contributed by atoms with E-state index in [1.807, 2.05) is 6.92 Å². The van der Waals surface area contributed by atoms with Gasteiger partial charge in [-0.05, 0) is 26.7 Å². The molecule has 0 spiro atoms. The molecule has 0 bridgehead atoms. The van der Waals surface area contributed by atoms with Crippen molar-refractivity contribution < 1.29 is 14.3 Å². The summed E-state index contributed by atoms with van der Waals surface area (Å²) >= 11 is 0. The highest BCUT2D eigenvalue weighted by atomic mass is 16.5. The van der Waals surface area contributed by atoms with E-state index in [4.69, 9.17) is 9.47 Å². The Morgan fingerprint density at radius 1 is 1.35 bits per heavy atom. The average Bonchev–Trinajstić information content (AvgIpc) is 3.03. The van der Waals surface area contributed by atoms with Crippen molar-refractivity contribution in [3.05, 3.63) is 0 Å². The summed E-state index contributed by atoms with van der Waals surface area (Å²) in [6, 6.07) is 0.382. The lowest BCUT2D eigenvalue weighted by Crippen LogP contribution is -2.47. The van der Waals surface area contributed by atoms with E-state index in [0.717, 1.165) is 19.4 Å². The van der Waals surface area contributed by atoms with Crippen molar-refractivity contribution in [1.82, 2.24) is 15.5 Å². The maximum atomic E-state index is 11.7. The van der Waals surface area contributed by atoms with Gasteiger partial charge in [0.05, 0.1) is 19.3 Å². The van der Waals surface area contributed by atoms with Gasteiger partial charge in [0.1, 0.15) is 6.54 Å². The van der Waals surface area contributed by atoms with Gasteiger partial charge in [-0.25, -0.2) is 4.99 Å². The molecule has 23 heavy (non-hydrogen) atoms. The molecule has 1 amide bonds. The Labute approximate surface area is 139 Å². The van der Waals surface area contributed by atoms with Crippen LogP contribution in [0.1, 0.15) is 33.6 Å². The summed E-state index contributed by atoms with van der Waals surface area (Å²) in [5, 5.41) is 6.61. The third-order valence-electron chi connectivity index (χ3n) is 3.72.